The van der Waals surface area contributed by atoms with Crippen molar-refractivity contribution in [3.05, 3.63) is 29.8 Å². The Morgan fingerprint density at radius 2 is 1.75 bits per heavy atom. The van der Waals surface area contributed by atoms with E-state index in [-0.39, 0.29) is 29.7 Å². The molecule has 0 saturated heterocycles. The Morgan fingerprint density at radius 1 is 1.25 bits per heavy atom. The molecule has 90 valence electrons. The molecule has 0 spiro atoms. The van der Waals surface area contributed by atoms with Crippen LogP contribution in [0.3, 0.4) is 0 Å². The van der Waals surface area contributed by atoms with Crippen molar-refractivity contribution in [1.29, 1.82) is 5.41 Å². The van der Waals surface area contributed by atoms with Crippen molar-refractivity contribution in [3.63, 3.8) is 0 Å². The first kappa shape index (κ1) is 15.6. The monoisotopic (exact) mass is 363 g/mol. The number of hydrogen-bond acceptors (Lipinski definition) is 3. The summed E-state index contributed by atoms with van der Waals surface area (Å²) in [5.74, 6) is -0.278. The fourth-order valence-electron chi connectivity index (χ4n) is 0.926. The SMILES string of the molecule is CSC(=N)c1ccc(OC(F)(F)F)cc1.I. The first-order chi connectivity index (χ1) is 6.92. The Hall–Kier alpha value is -0.440. The molecule has 1 aromatic rings. The second-order valence-electron chi connectivity index (χ2n) is 2.61. The van der Waals surface area contributed by atoms with Crippen LogP contribution in [0.1, 0.15) is 5.56 Å². The zero-order valence-electron chi connectivity index (χ0n) is 8.17. The molecule has 1 aromatic carbocycles. The van der Waals surface area contributed by atoms with E-state index in [2.05, 4.69) is 4.74 Å². The molecule has 0 aromatic heterocycles. The maximum atomic E-state index is 11.8. The summed E-state index contributed by atoms with van der Waals surface area (Å²) in [5.41, 5.74) is 0.567. The molecule has 1 rings (SSSR count). The van der Waals surface area contributed by atoms with Gasteiger partial charge in [0.2, 0.25) is 0 Å². The van der Waals surface area contributed by atoms with Crippen molar-refractivity contribution in [2.24, 2.45) is 0 Å². The summed E-state index contributed by atoms with van der Waals surface area (Å²) in [7, 11) is 0. The number of rotatable bonds is 2. The molecule has 0 bridgehead atoms. The quantitative estimate of drug-likeness (QED) is 0.491. The van der Waals surface area contributed by atoms with Crippen LogP contribution in [0.15, 0.2) is 24.3 Å². The molecule has 0 fully saturated rings. The van der Waals surface area contributed by atoms with Crippen LogP contribution in [-0.4, -0.2) is 17.7 Å². The van der Waals surface area contributed by atoms with Crippen LogP contribution in [0.5, 0.6) is 5.75 Å². The second kappa shape index (κ2) is 6.33. The average molecular weight is 363 g/mol. The van der Waals surface area contributed by atoms with Gasteiger partial charge >= 0.3 is 6.36 Å². The van der Waals surface area contributed by atoms with E-state index in [1.54, 1.807) is 6.26 Å². The normalized spacial score (nSPS) is 10.5. The van der Waals surface area contributed by atoms with Gasteiger partial charge in [-0.15, -0.1) is 48.9 Å². The van der Waals surface area contributed by atoms with E-state index in [1.165, 1.54) is 36.0 Å². The van der Waals surface area contributed by atoms with E-state index < -0.39 is 6.36 Å². The highest BCUT2D eigenvalue weighted by atomic mass is 127. The van der Waals surface area contributed by atoms with E-state index in [4.69, 9.17) is 5.41 Å². The second-order valence-corrected chi connectivity index (χ2v) is 3.42. The Kier molecular flexibility index (Phi) is 6.16. The van der Waals surface area contributed by atoms with E-state index in [0.29, 0.717) is 10.6 Å². The van der Waals surface area contributed by atoms with Crippen LogP contribution in [0.4, 0.5) is 13.2 Å². The first-order valence-electron chi connectivity index (χ1n) is 3.91. The summed E-state index contributed by atoms with van der Waals surface area (Å²) in [6.07, 6.45) is -2.95. The van der Waals surface area contributed by atoms with Gasteiger partial charge in [0.1, 0.15) is 5.75 Å². The summed E-state index contributed by atoms with van der Waals surface area (Å²) in [6.45, 7) is 0. The molecule has 2 nitrogen and oxygen atoms in total. The van der Waals surface area contributed by atoms with Gasteiger partial charge in [0.05, 0.1) is 5.04 Å². The number of benzene rings is 1. The van der Waals surface area contributed by atoms with Crippen LogP contribution in [0.2, 0.25) is 0 Å². The summed E-state index contributed by atoms with van der Waals surface area (Å²) < 4.78 is 39.1. The van der Waals surface area contributed by atoms with Gasteiger partial charge < -0.3 is 4.74 Å². The maximum Gasteiger partial charge on any atom is 0.573 e. The summed E-state index contributed by atoms with van der Waals surface area (Å²) >= 11 is 1.22. The summed E-state index contributed by atoms with van der Waals surface area (Å²) in [5, 5.41) is 7.73. The van der Waals surface area contributed by atoms with Crippen molar-refractivity contribution in [1.82, 2.24) is 0 Å². The van der Waals surface area contributed by atoms with Gasteiger partial charge in [-0.1, -0.05) is 0 Å². The number of alkyl halides is 3. The number of ether oxygens (including phenoxy) is 1. The van der Waals surface area contributed by atoms with Crippen LogP contribution in [-0.2, 0) is 0 Å². The van der Waals surface area contributed by atoms with Gasteiger partial charge in [0.25, 0.3) is 0 Å². The molecular weight excluding hydrogens is 354 g/mol. The Bertz CT molecular complexity index is 353. The summed E-state index contributed by atoms with van der Waals surface area (Å²) in [6, 6.07) is 5.21. The molecule has 0 saturated carbocycles. The van der Waals surface area contributed by atoms with Crippen molar-refractivity contribution in [2.45, 2.75) is 6.36 Å². The zero-order valence-corrected chi connectivity index (χ0v) is 11.3. The molecule has 0 unspecified atom stereocenters. The fraction of sp³-hybridized carbons (Fsp3) is 0.222. The lowest BCUT2D eigenvalue weighted by atomic mass is 10.2. The van der Waals surface area contributed by atoms with Crippen molar-refractivity contribution < 1.29 is 17.9 Å². The van der Waals surface area contributed by atoms with Gasteiger partial charge in [-0.2, -0.15) is 0 Å². The third-order valence-corrected chi connectivity index (χ3v) is 2.20. The minimum absolute atomic E-state index is 0. The predicted molar refractivity (Wildman–Crippen MR) is 68.9 cm³/mol. The highest BCUT2D eigenvalue weighted by Gasteiger charge is 2.30. The topological polar surface area (TPSA) is 33.1 Å². The average Bonchev–Trinajstić information content (AvgIpc) is 2.15. The number of nitrogens with one attached hydrogen (secondary N) is 1. The molecular formula is C9H9F3INOS. The molecule has 0 radical (unpaired) electrons. The number of thioether (sulfide) groups is 1. The molecule has 16 heavy (non-hydrogen) atoms. The Balaban J connectivity index is 0.00000225. The van der Waals surface area contributed by atoms with Crippen molar-refractivity contribution in [2.75, 3.05) is 6.26 Å². The highest BCUT2D eigenvalue weighted by Crippen LogP contribution is 2.23. The lowest BCUT2D eigenvalue weighted by Crippen LogP contribution is -2.17. The standard InChI is InChI=1S/C9H8F3NOS.HI/c1-15-8(13)6-2-4-7(5-3-6)14-9(10,11)12;/h2-5,13H,1H3;1H. The van der Waals surface area contributed by atoms with Crippen molar-refractivity contribution in [3.8, 4) is 5.75 Å². The first-order valence-corrected chi connectivity index (χ1v) is 5.13. The molecule has 0 heterocycles. The third kappa shape index (κ3) is 5.06. The zero-order chi connectivity index (χ0) is 11.5. The fourth-order valence-corrected chi connectivity index (χ4v) is 1.30. The van der Waals surface area contributed by atoms with Gasteiger partial charge in [-0.25, -0.2) is 0 Å². The lowest BCUT2D eigenvalue weighted by Gasteiger charge is -2.09. The maximum absolute atomic E-state index is 11.8. The number of hydrogen-bond donors (Lipinski definition) is 1. The molecule has 0 atom stereocenters. The van der Waals surface area contributed by atoms with Gasteiger partial charge in [-0.3, -0.25) is 5.41 Å². The predicted octanol–water partition coefficient (Wildman–Crippen LogP) is 3.89. The lowest BCUT2D eigenvalue weighted by molar-refractivity contribution is -0.274. The Morgan fingerprint density at radius 3 is 2.12 bits per heavy atom. The molecule has 0 amide bonds. The molecule has 0 aliphatic carbocycles. The van der Waals surface area contributed by atoms with Crippen LogP contribution in [0, 0.1) is 5.41 Å². The van der Waals surface area contributed by atoms with E-state index >= 15 is 0 Å². The van der Waals surface area contributed by atoms with Crippen LogP contribution >= 0.6 is 35.7 Å². The smallest absolute Gasteiger partial charge is 0.406 e. The molecule has 0 aliphatic rings. The molecule has 1 N–H and O–H groups in total. The van der Waals surface area contributed by atoms with E-state index in [9.17, 15) is 13.2 Å². The highest BCUT2D eigenvalue weighted by molar-refractivity contribution is 14.0. The molecule has 7 heteroatoms. The number of halogens is 4. The van der Waals surface area contributed by atoms with Gasteiger partial charge in [0, 0.05) is 5.56 Å². The van der Waals surface area contributed by atoms with Crippen LogP contribution in [0.25, 0.3) is 0 Å². The van der Waals surface area contributed by atoms with E-state index in [1.807, 2.05) is 0 Å². The minimum atomic E-state index is -4.67. The minimum Gasteiger partial charge on any atom is -0.406 e. The largest absolute Gasteiger partial charge is 0.573 e. The third-order valence-electron chi connectivity index (χ3n) is 1.55. The Labute approximate surface area is 112 Å². The summed E-state index contributed by atoms with van der Waals surface area (Å²) in [4.78, 5) is 0. The van der Waals surface area contributed by atoms with Crippen LogP contribution < -0.4 is 4.74 Å². The van der Waals surface area contributed by atoms with Gasteiger partial charge in [0.15, 0.2) is 0 Å². The van der Waals surface area contributed by atoms with E-state index in [0.717, 1.165) is 0 Å². The van der Waals surface area contributed by atoms with Gasteiger partial charge in [-0.05, 0) is 30.5 Å². The molecule has 0 aliphatic heterocycles. The van der Waals surface area contributed by atoms with Crippen molar-refractivity contribution >= 4 is 40.8 Å².